The SMILES string of the molecule is Cc1cccc(=O)n1CCCn1cc([C@H]2CCCNC2)nn1. The van der Waals surface area contributed by atoms with Crippen LogP contribution in [0.15, 0.2) is 29.2 Å². The Balaban J connectivity index is 1.56. The smallest absolute Gasteiger partial charge is 0.250 e. The summed E-state index contributed by atoms with van der Waals surface area (Å²) >= 11 is 0. The normalized spacial score (nSPS) is 18.5. The summed E-state index contributed by atoms with van der Waals surface area (Å²) in [6, 6.07) is 5.37. The van der Waals surface area contributed by atoms with E-state index < -0.39 is 0 Å². The Morgan fingerprint density at radius 3 is 3.05 bits per heavy atom. The van der Waals surface area contributed by atoms with Crippen molar-refractivity contribution in [2.45, 2.75) is 45.2 Å². The van der Waals surface area contributed by atoms with Crippen LogP contribution >= 0.6 is 0 Å². The van der Waals surface area contributed by atoms with Crippen molar-refractivity contribution in [1.29, 1.82) is 0 Å². The van der Waals surface area contributed by atoms with E-state index in [1.54, 1.807) is 12.1 Å². The monoisotopic (exact) mass is 301 g/mol. The zero-order valence-corrected chi connectivity index (χ0v) is 13.0. The summed E-state index contributed by atoms with van der Waals surface area (Å²) in [5.74, 6) is 0.487. The molecule has 1 fully saturated rings. The molecule has 3 heterocycles. The van der Waals surface area contributed by atoms with Gasteiger partial charge in [0.15, 0.2) is 0 Å². The molecule has 0 unspecified atom stereocenters. The van der Waals surface area contributed by atoms with E-state index in [9.17, 15) is 4.79 Å². The minimum absolute atomic E-state index is 0.0626. The van der Waals surface area contributed by atoms with Gasteiger partial charge in [-0.15, -0.1) is 5.10 Å². The quantitative estimate of drug-likeness (QED) is 0.904. The summed E-state index contributed by atoms with van der Waals surface area (Å²) in [5, 5.41) is 11.9. The summed E-state index contributed by atoms with van der Waals surface area (Å²) in [4.78, 5) is 11.8. The topological polar surface area (TPSA) is 64.7 Å². The van der Waals surface area contributed by atoms with E-state index in [2.05, 4.69) is 21.8 Å². The molecule has 1 aliphatic rings. The minimum Gasteiger partial charge on any atom is -0.316 e. The van der Waals surface area contributed by atoms with Gasteiger partial charge in [0.2, 0.25) is 0 Å². The highest BCUT2D eigenvalue weighted by atomic mass is 16.1. The Kier molecular flexibility index (Phi) is 4.68. The molecule has 0 amide bonds. The number of rotatable bonds is 5. The van der Waals surface area contributed by atoms with Gasteiger partial charge in [-0.2, -0.15) is 0 Å². The van der Waals surface area contributed by atoms with Gasteiger partial charge >= 0.3 is 0 Å². The zero-order chi connectivity index (χ0) is 15.4. The number of hydrogen-bond acceptors (Lipinski definition) is 4. The Labute approximate surface area is 130 Å². The van der Waals surface area contributed by atoms with Gasteiger partial charge in [0.05, 0.1) is 5.69 Å². The predicted octanol–water partition coefficient (Wildman–Crippen LogP) is 1.31. The highest BCUT2D eigenvalue weighted by Gasteiger charge is 2.18. The van der Waals surface area contributed by atoms with E-state index in [4.69, 9.17) is 0 Å². The van der Waals surface area contributed by atoms with Crippen molar-refractivity contribution in [1.82, 2.24) is 24.9 Å². The lowest BCUT2D eigenvalue weighted by atomic mass is 9.97. The van der Waals surface area contributed by atoms with Crippen molar-refractivity contribution >= 4 is 0 Å². The van der Waals surface area contributed by atoms with Gasteiger partial charge in [0.25, 0.3) is 5.56 Å². The predicted molar refractivity (Wildman–Crippen MR) is 84.9 cm³/mol. The second kappa shape index (κ2) is 6.87. The van der Waals surface area contributed by atoms with E-state index in [1.807, 2.05) is 22.2 Å². The first-order chi connectivity index (χ1) is 10.7. The van der Waals surface area contributed by atoms with Crippen molar-refractivity contribution in [3.63, 3.8) is 0 Å². The number of aromatic nitrogens is 4. The third-order valence-electron chi connectivity index (χ3n) is 4.31. The van der Waals surface area contributed by atoms with E-state index in [0.717, 1.165) is 37.4 Å². The van der Waals surface area contributed by atoms with Gasteiger partial charge in [0.1, 0.15) is 0 Å². The largest absolute Gasteiger partial charge is 0.316 e. The van der Waals surface area contributed by atoms with Crippen LogP contribution in [0.4, 0.5) is 0 Å². The lowest BCUT2D eigenvalue weighted by Gasteiger charge is -2.20. The molecule has 0 spiro atoms. The fraction of sp³-hybridized carbons (Fsp3) is 0.562. The molecule has 6 heteroatoms. The molecule has 2 aromatic heterocycles. The Hall–Kier alpha value is -1.95. The first-order valence-corrected chi connectivity index (χ1v) is 8.01. The van der Waals surface area contributed by atoms with Crippen LogP contribution in [0.3, 0.4) is 0 Å². The van der Waals surface area contributed by atoms with Crippen LogP contribution in [0.1, 0.15) is 36.6 Å². The van der Waals surface area contributed by atoms with E-state index in [-0.39, 0.29) is 5.56 Å². The molecule has 1 atom stereocenters. The van der Waals surface area contributed by atoms with Gasteiger partial charge in [-0.05, 0) is 38.8 Å². The van der Waals surface area contributed by atoms with Crippen LogP contribution in [0.5, 0.6) is 0 Å². The lowest BCUT2D eigenvalue weighted by Crippen LogP contribution is -2.28. The molecule has 2 aromatic rings. The molecule has 118 valence electrons. The summed E-state index contributed by atoms with van der Waals surface area (Å²) < 4.78 is 3.70. The molecule has 6 nitrogen and oxygen atoms in total. The van der Waals surface area contributed by atoms with Crippen LogP contribution in [0.2, 0.25) is 0 Å². The minimum atomic E-state index is 0.0626. The second-order valence-electron chi connectivity index (χ2n) is 5.96. The molecular formula is C16H23N5O. The van der Waals surface area contributed by atoms with Crippen molar-refractivity contribution in [2.24, 2.45) is 0 Å². The first-order valence-electron chi connectivity index (χ1n) is 8.01. The molecule has 1 saturated heterocycles. The molecule has 0 aromatic carbocycles. The molecule has 0 saturated carbocycles. The van der Waals surface area contributed by atoms with Gasteiger partial charge in [-0.3, -0.25) is 9.48 Å². The standard InChI is InChI=1S/C16H23N5O/c1-13-5-2-7-16(22)21(13)10-4-9-20-12-15(18-19-20)14-6-3-8-17-11-14/h2,5,7,12,14,17H,3-4,6,8-11H2,1H3/t14-/m0/s1. The van der Waals surface area contributed by atoms with Crippen LogP contribution in [0, 0.1) is 6.92 Å². The molecule has 0 bridgehead atoms. The average molecular weight is 301 g/mol. The number of piperidine rings is 1. The number of nitrogens with zero attached hydrogens (tertiary/aromatic N) is 4. The summed E-state index contributed by atoms with van der Waals surface area (Å²) in [5.41, 5.74) is 2.15. The third-order valence-corrected chi connectivity index (χ3v) is 4.31. The van der Waals surface area contributed by atoms with Crippen LogP contribution in [-0.4, -0.2) is 32.7 Å². The first kappa shape index (κ1) is 15.0. The molecule has 22 heavy (non-hydrogen) atoms. The maximum Gasteiger partial charge on any atom is 0.250 e. The van der Waals surface area contributed by atoms with E-state index >= 15 is 0 Å². The molecule has 3 rings (SSSR count). The summed E-state index contributed by atoms with van der Waals surface area (Å²) in [7, 11) is 0. The number of aryl methyl sites for hydroxylation is 2. The van der Waals surface area contributed by atoms with Crippen LogP contribution < -0.4 is 10.9 Å². The zero-order valence-electron chi connectivity index (χ0n) is 13.0. The van der Waals surface area contributed by atoms with Crippen molar-refractivity contribution in [3.05, 3.63) is 46.1 Å². The van der Waals surface area contributed by atoms with Crippen LogP contribution in [0.25, 0.3) is 0 Å². The maximum absolute atomic E-state index is 11.8. The molecular weight excluding hydrogens is 278 g/mol. The van der Waals surface area contributed by atoms with Gasteiger partial charge in [0, 0.05) is 43.5 Å². The van der Waals surface area contributed by atoms with Crippen molar-refractivity contribution in [2.75, 3.05) is 13.1 Å². The lowest BCUT2D eigenvalue weighted by molar-refractivity contribution is 0.454. The molecule has 1 N–H and O–H groups in total. The van der Waals surface area contributed by atoms with E-state index in [0.29, 0.717) is 12.5 Å². The van der Waals surface area contributed by atoms with Gasteiger partial charge in [-0.25, -0.2) is 0 Å². The van der Waals surface area contributed by atoms with E-state index in [1.165, 1.54) is 12.8 Å². The Morgan fingerprint density at radius 2 is 2.27 bits per heavy atom. The molecule has 1 aliphatic heterocycles. The maximum atomic E-state index is 11.8. The van der Waals surface area contributed by atoms with Gasteiger partial charge in [-0.1, -0.05) is 11.3 Å². The number of nitrogens with one attached hydrogen (secondary N) is 1. The van der Waals surface area contributed by atoms with Crippen molar-refractivity contribution < 1.29 is 0 Å². The second-order valence-corrected chi connectivity index (χ2v) is 5.96. The molecule has 0 radical (unpaired) electrons. The highest BCUT2D eigenvalue weighted by molar-refractivity contribution is 5.05. The average Bonchev–Trinajstić information content (AvgIpc) is 3.00. The third kappa shape index (κ3) is 3.44. The van der Waals surface area contributed by atoms with Crippen molar-refractivity contribution in [3.8, 4) is 0 Å². The van der Waals surface area contributed by atoms with Crippen LogP contribution in [-0.2, 0) is 13.1 Å². The fourth-order valence-corrected chi connectivity index (χ4v) is 3.01. The number of pyridine rings is 1. The Morgan fingerprint density at radius 1 is 1.36 bits per heavy atom. The Bertz CT molecular complexity index is 669. The van der Waals surface area contributed by atoms with Gasteiger partial charge < -0.3 is 9.88 Å². The summed E-state index contributed by atoms with van der Waals surface area (Å²) in [6.07, 6.45) is 5.31. The number of hydrogen-bond donors (Lipinski definition) is 1. The highest BCUT2D eigenvalue weighted by Crippen LogP contribution is 2.20. The fourth-order valence-electron chi connectivity index (χ4n) is 3.01. The molecule has 0 aliphatic carbocycles. The summed E-state index contributed by atoms with van der Waals surface area (Å²) in [6.45, 7) is 5.57.